The van der Waals surface area contributed by atoms with Gasteiger partial charge in [0.25, 0.3) is 5.91 Å². The van der Waals surface area contributed by atoms with E-state index >= 15 is 0 Å². The first kappa shape index (κ1) is 22.8. The van der Waals surface area contributed by atoms with Crippen molar-refractivity contribution >= 4 is 22.8 Å². The number of aryl methyl sites for hydroxylation is 1. The molecule has 1 heterocycles. The highest BCUT2D eigenvalue weighted by Crippen LogP contribution is 2.22. The number of amides is 1. The van der Waals surface area contributed by atoms with E-state index in [1.807, 2.05) is 56.3 Å². The minimum atomic E-state index is -0.778. The summed E-state index contributed by atoms with van der Waals surface area (Å²) in [6.07, 6.45) is 0. The van der Waals surface area contributed by atoms with Crippen LogP contribution in [0.2, 0.25) is 0 Å². The number of hydrogen-bond donors (Lipinski definition) is 1. The lowest BCUT2D eigenvalue weighted by Gasteiger charge is -2.11. The molecule has 0 aliphatic carbocycles. The second-order valence-electron chi connectivity index (χ2n) is 7.78. The first-order valence-corrected chi connectivity index (χ1v) is 10.7. The van der Waals surface area contributed by atoms with Gasteiger partial charge in [-0.15, -0.1) is 0 Å². The average molecular weight is 457 g/mol. The number of benzene rings is 3. The summed E-state index contributed by atoms with van der Waals surface area (Å²) in [6.45, 7) is 3.89. The molecular formula is C27H23NO6. The van der Waals surface area contributed by atoms with Crippen molar-refractivity contribution in [2.45, 2.75) is 20.4 Å². The van der Waals surface area contributed by atoms with Gasteiger partial charge >= 0.3 is 11.6 Å². The molecule has 0 radical (unpaired) electrons. The van der Waals surface area contributed by atoms with Gasteiger partial charge in [0.1, 0.15) is 22.6 Å². The molecule has 0 aliphatic heterocycles. The van der Waals surface area contributed by atoms with Crippen molar-refractivity contribution in [3.63, 3.8) is 0 Å². The molecule has 34 heavy (non-hydrogen) atoms. The fourth-order valence-electron chi connectivity index (χ4n) is 3.36. The molecule has 0 spiro atoms. The third-order valence-corrected chi connectivity index (χ3v) is 5.38. The van der Waals surface area contributed by atoms with Crippen LogP contribution in [0.4, 0.5) is 0 Å². The SMILES string of the molecule is Cc1cccc(OCC(=O)Oc2ccc3cc(C(=O)NCc4ccccc4)c(=O)oc3c2)c1C. The number of carbonyl (C=O) groups is 2. The van der Waals surface area contributed by atoms with E-state index in [-0.39, 0.29) is 30.0 Å². The van der Waals surface area contributed by atoms with Gasteiger partial charge in [-0.3, -0.25) is 4.79 Å². The van der Waals surface area contributed by atoms with E-state index in [1.54, 1.807) is 18.2 Å². The van der Waals surface area contributed by atoms with Crippen LogP contribution in [0.15, 0.2) is 82.0 Å². The molecule has 0 bridgehead atoms. The number of nitrogens with one attached hydrogen (secondary N) is 1. The maximum atomic E-state index is 12.5. The summed E-state index contributed by atoms with van der Waals surface area (Å²) < 4.78 is 16.2. The standard InChI is InChI=1S/C27H23NO6/c1-17-7-6-10-23(18(17)2)32-16-25(29)33-21-12-11-20-13-22(27(31)34-24(20)14-21)26(30)28-15-19-8-4-3-5-9-19/h3-14H,15-16H2,1-2H3,(H,28,30). The Morgan fingerprint density at radius 2 is 1.74 bits per heavy atom. The van der Waals surface area contributed by atoms with Gasteiger partial charge in [0.2, 0.25) is 0 Å². The van der Waals surface area contributed by atoms with Crippen LogP contribution in [0.25, 0.3) is 11.0 Å². The van der Waals surface area contributed by atoms with Crippen molar-refractivity contribution in [2.24, 2.45) is 0 Å². The van der Waals surface area contributed by atoms with Crippen molar-refractivity contribution in [3.05, 3.63) is 105 Å². The predicted molar refractivity (Wildman–Crippen MR) is 127 cm³/mol. The highest BCUT2D eigenvalue weighted by atomic mass is 16.6. The van der Waals surface area contributed by atoms with Crippen LogP contribution in [0, 0.1) is 13.8 Å². The Balaban J connectivity index is 1.42. The fraction of sp³-hybridized carbons (Fsp3) is 0.148. The maximum Gasteiger partial charge on any atom is 0.349 e. The Bertz CT molecular complexity index is 1410. The molecule has 4 rings (SSSR count). The predicted octanol–water partition coefficient (Wildman–Crippen LogP) is 4.32. The second kappa shape index (κ2) is 10.0. The fourth-order valence-corrected chi connectivity index (χ4v) is 3.36. The molecule has 7 heteroatoms. The zero-order chi connectivity index (χ0) is 24.1. The van der Waals surface area contributed by atoms with Gasteiger partial charge in [0.15, 0.2) is 6.61 Å². The van der Waals surface area contributed by atoms with E-state index in [2.05, 4.69) is 5.32 Å². The van der Waals surface area contributed by atoms with Crippen LogP contribution in [0.3, 0.4) is 0 Å². The summed E-state index contributed by atoms with van der Waals surface area (Å²) in [4.78, 5) is 37.1. The molecule has 0 fully saturated rings. The number of carbonyl (C=O) groups excluding carboxylic acids is 2. The van der Waals surface area contributed by atoms with Crippen LogP contribution < -0.4 is 20.4 Å². The van der Waals surface area contributed by atoms with Gasteiger partial charge in [0, 0.05) is 18.0 Å². The van der Waals surface area contributed by atoms with E-state index in [9.17, 15) is 14.4 Å². The van der Waals surface area contributed by atoms with E-state index in [0.29, 0.717) is 11.1 Å². The first-order chi connectivity index (χ1) is 16.4. The Labute approximate surface area is 195 Å². The van der Waals surface area contributed by atoms with Crippen LogP contribution >= 0.6 is 0 Å². The summed E-state index contributed by atoms with van der Waals surface area (Å²) in [7, 11) is 0. The highest BCUT2D eigenvalue weighted by molar-refractivity contribution is 5.96. The molecule has 0 saturated heterocycles. The molecule has 3 aromatic carbocycles. The summed E-state index contributed by atoms with van der Waals surface area (Å²) in [5, 5.41) is 3.23. The minimum absolute atomic E-state index is 0.102. The largest absolute Gasteiger partial charge is 0.482 e. The van der Waals surface area contributed by atoms with Crippen LogP contribution in [0.5, 0.6) is 11.5 Å². The molecule has 172 valence electrons. The van der Waals surface area contributed by atoms with Crippen molar-refractivity contribution in [1.29, 1.82) is 0 Å². The molecule has 7 nitrogen and oxygen atoms in total. The Kier molecular flexibility index (Phi) is 6.73. The second-order valence-corrected chi connectivity index (χ2v) is 7.78. The minimum Gasteiger partial charge on any atom is -0.482 e. The lowest BCUT2D eigenvalue weighted by atomic mass is 10.1. The van der Waals surface area contributed by atoms with Crippen molar-refractivity contribution < 1.29 is 23.5 Å². The highest BCUT2D eigenvalue weighted by Gasteiger charge is 2.15. The Morgan fingerprint density at radius 1 is 0.941 bits per heavy atom. The zero-order valence-corrected chi connectivity index (χ0v) is 18.8. The van der Waals surface area contributed by atoms with Crippen LogP contribution in [0.1, 0.15) is 27.0 Å². The van der Waals surface area contributed by atoms with Gasteiger partial charge in [-0.25, -0.2) is 9.59 Å². The van der Waals surface area contributed by atoms with Gasteiger partial charge in [-0.1, -0.05) is 42.5 Å². The van der Waals surface area contributed by atoms with E-state index < -0.39 is 17.5 Å². The number of esters is 1. The molecule has 1 aromatic heterocycles. The van der Waals surface area contributed by atoms with E-state index in [4.69, 9.17) is 13.9 Å². The topological polar surface area (TPSA) is 94.8 Å². The number of fused-ring (bicyclic) bond motifs is 1. The number of ether oxygens (including phenoxy) is 2. The normalized spacial score (nSPS) is 10.6. The van der Waals surface area contributed by atoms with Crippen molar-refractivity contribution in [2.75, 3.05) is 6.61 Å². The van der Waals surface area contributed by atoms with Crippen LogP contribution in [-0.2, 0) is 11.3 Å². The van der Waals surface area contributed by atoms with Gasteiger partial charge < -0.3 is 19.2 Å². The molecule has 0 saturated carbocycles. The van der Waals surface area contributed by atoms with Crippen LogP contribution in [-0.4, -0.2) is 18.5 Å². The summed E-state index contributed by atoms with van der Waals surface area (Å²) in [5.41, 5.74) is 2.24. The molecule has 0 atom stereocenters. The summed E-state index contributed by atoms with van der Waals surface area (Å²) in [5.74, 6) is -0.316. The van der Waals surface area contributed by atoms with Gasteiger partial charge in [0.05, 0.1) is 0 Å². The molecule has 4 aromatic rings. The molecular weight excluding hydrogens is 434 g/mol. The van der Waals surface area contributed by atoms with Gasteiger partial charge in [-0.2, -0.15) is 0 Å². The van der Waals surface area contributed by atoms with Crippen molar-refractivity contribution in [3.8, 4) is 11.5 Å². The van der Waals surface area contributed by atoms with Crippen molar-refractivity contribution in [1.82, 2.24) is 5.32 Å². The summed E-state index contributed by atoms with van der Waals surface area (Å²) >= 11 is 0. The molecule has 0 aliphatic rings. The quantitative estimate of drug-likeness (QED) is 0.252. The molecule has 0 unspecified atom stereocenters. The molecule has 1 N–H and O–H groups in total. The Hall–Kier alpha value is -4.39. The lowest BCUT2D eigenvalue weighted by Crippen LogP contribution is -2.27. The molecule has 1 amide bonds. The maximum absolute atomic E-state index is 12.5. The monoisotopic (exact) mass is 457 g/mol. The number of hydrogen-bond acceptors (Lipinski definition) is 6. The van der Waals surface area contributed by atoms with Gasteiger partial charge in [-0.05, 0) is 54.8 Å². The average Bonchev–Trinajstić information content (AvgIpc) is 2.83. The van der Waals surface area contributed by atoms with E-state index in [1.165, 1.54) is 12.1 Å². The zero-order valence-electron chi connectivity index (χ0n) is 18.8. The van der Waals surface area contributed by atoms with E-state index in [0.717, 1.165) is 16.7 Å². The smallest absolute Gasteiger partial charge is 0.349 e. The third kappa shape index (κ3) is 5.32. The summed E-state index contributed by atoms with van der Waals surface area (Å²) in [6, 6.07) is 21.0. The number of rotatable bonds is 7. The Morgan fingerprint density at radius 3 is 2.53 bits per heavy atom. The lowest BCUT2D eigenvalue weighted by molar-refractivity contribution is -0.136. The first-order valence-electron chi connectivity index (χ1n) is 10.7. The third-order valence-electron chi connectivity index (χ3n) is 5.38.